The van der Waals surface area contributed by atoms with Gasteiger partial charge in [0.05, 0.1) is 16.8 Å². The van der Waals surface area contributed by atoms with Crippen molar-refractivity contribution in [3.63, 3.8) is 0 Å². The molecule has 31 heavy (non-hydrogen) atoms. The van der Waals surface area contributed by atoms with Crippen LogP contribution in [0.2, 0.25) is 0 Å². The van der Waals surface area contributed by atoms with Gasteiger partial charge in [-0.2, -0.15) is 0 Å². The van der Waals surface area contributed by atoms with E-state index in [9.17, 15) is 18.8 Å². The van der Waals surface area contributed by atoms with Crippen LogP contribution in [0.5, 0.6) is 11.5 Å². The van der Waals surface area contributed by atoms with Gasteiger partial charge in [-0.05, 0) is 58.8 Å². The molecule has 1 N–H and O–H groups in total. The minimum absolute atomic E-state index is 0.250. The van der Waals surface area contributed by atoms with Gasteiger partial charge < -0.3 is 9.47 Å². The van der Waals surface area contributed by atoms with Crippen molar-refractivity contribution in [1.29, 1.82) is 0 Å². The number of urea groups is 1. The molecule has 160 valence electrons. The summed E-state index contributed by atoms with van der Waals surface area (Å²) in [4.78, 5) is 38.1. The number of rotatable bonds is 7. The van der Waals surface area contributed by atoms with E-state index in [0.29, 0.717) is 33.0 Å². The van der Waals surface area contributed by atoms with Gasteiger partial charge in [0.1, 0.15) is 18.0 Å². The number of ether oxygens (including phenoxy) is 2. The number of hydrogen-bond donors (Lipinski definition) is 1. The fraction of sp³-hybridized carbons (Fsp3) is 0.136. The molecule has 1 aliphatic rings. The van der Waals surface area contributed by atoms with Crippen molar-refractivity contribution in [2.75, 3.05) is 18.1 Å². The summed E-state index contributed by atoms with van der Waals surface area (Å²) in [5.74, 6) is -1.78. The first-order chi connectivity index (χ1) is 14.9. The second-order valence-electron chi connectivity index (χ2n) is 6.27. The van der Waals surface area contributed by atoms with Gasteiger partial charge in [0.2, 0.25) is 0 Å². The zero-order valence-electron chi connectivity index (χ0n) is 16.5. The van der Waals surface area contributed by atoms with Gasteiger partial charge in [-0.25, -0.2) is 14.1 Å². The lowest BCUT2D eigenvalue weighted by Crippen LogP contribution is -2.54. The molecule has 0 radical (unpaired) electrons. The zero-order chi connectivity index (χ0) is 22.5. The van der Waals surface area contributed by atoms with Crippen molar-refractivity contribution >= 4 is 45.5 Å². The Balaban J connectivity index is 2.04. The molecule has 2 aromatic carbocycles. The molecule has 2 aromatic rings. The van der Waals surface area contributed by atoms with Gasteiger partial charge in [-0.1, -0.05) is 24.8 Å². The highest BCUT2D eigenvalue weighted by atomic mass is 79.9. The van der Waals surface area contributed by atoms with E-state index in [-0.39, 0.29) is 17.9 Å². The number of para-hydroxylation sites is 1. The van der Waals surface area contributed by atoms with Crippen LogP contribution in [0.1, 0.15) is 12.5 Å². The fourth-order valence-corrected chi connectivity index (χ4v) is 3.47. The Bertz CT molecular complexity index is 1100. The van der Waals surface area contributed by atoms with Crippen LogP contribution in [-0.2, 0) is 9.59 Å². The number of hydrogen-bond acceptors (Lipinski definition) is 5. The maximum atomic E-state index is 14.2. The molecule has 0 atom stereocenters. The van der Waals surface area contributed by atoms with E-state index in [1.807, 2.05) is 0 Å². The van der Waals surface area contributed by atoms with Crippen molar-refractivity contribution in [2.45, 2.75) is 6.92 Å². The van der Waals surface area contributed by atoms with E-state index >= 15 is 0 Å². The number of benzene rings is 2. The first-order valence-corrected chi connectivity index (χ1v) is 10.0. The van der Waals surface area contributed by atoms with Crippen LogP contribution in [0, 0.1) is 5.82 Å². The number of carbonyl (C=O) groups excluding carboxylic acids is 3. The molecule has 1 aliphatic heterocycles. The fourth-order valence-electron chi connectivity index (χ4n) is 2.89. The Kier molecular flexibility index (Phi) is 6.86. The molecular formula is C22H18BrFN2O5. The third kappa shape index (κ3) is 4.66. The van der Waals surface area contributed by atoms with Gasteiger partial charge in [0, 0.05) is 0 Å². The van der Waals surface area contributed by atoms with Crippen molar-refractivity contribution in [2.24, 2.45) is 0 Å². The second-order valence-corrected chi connectivity index (χ2v) is 7.13. The molecule has 7 nitrogen and oxygen atoms in total. The predicted molar refractivity (Wildman–Crippen MR) is 116 cm³/mol. The van der Waals surface area contributed by atoms with E-state index < -0.39 is 23.7 Å². The van der Waals surface area contributed by atoms with Crippen molar-refractivity contribution in [3.8, 4) is 11.5 Å². The Labute approximate surface area is 186 Å². The third-order valence-corrected chi connectivity index (χ3v) is 4.77. The lowest BCUT2D eigenvalue weighted by atomic mass is 10.1. The van der Waals surface area contributed by atoms with E-state index in [1.165, 1.54) is 24.3 Å². The Morgan fingerprint density at radius 3 is 2.61 bits per heavy atom. The van der Waals surface area contributed by atoms with E-state index in [4.69, 9.17) is 9.47 Å². The van der Waals surface area contributed by atoms with Gasteiger partial charge in [0.25, 0.3) is 11.8 Å². The van der Waals surface area contributed by atoms with E-state index in [2.05, 4.69) is 27.8 Å². The number of amides is 4. The molecule has 0 spiro atoms. The van der Waals surface area contributed by atoms with Crippen LogP contribution in [0.3, 0.4) is 0 Å². The highest BCUT2D eigenvalue weighted by Crippen LogP contribution is 2.38. The summed E-state index contributed by atoms with van der Waals surface area (Å²) in [5, 5.41) is 2.06. The summed E-state index contributed by atoms with van der Waals surface area (Å²) in [6, 6.07) is 7.48. The topological polar surface area (TPSA) is 84.9 Å². The second kappa shape index (κ2) is 9.57. The summed E-state index contributed by atoms with van der Waals surface area (Å²) in [6.45, 7) is 6.01. The van der Waals surface area contributed by atoms with Crippen LogP contribution in [0.25, 0.3) is 6.08 Å². The van der Waals surface area contributed by atoms with Gasteiger partial charge >= 0.3 is 6.03 Å². The maximum Gasteiger partial charge on any atom is 0.336 e. The number of barbiturate groups is 1. The molecule has 0 unspecified atom stereocenters. The molecule has 0 saturated carbocycles. The zero-order valence-corrected chi connectivity index (χ0v) is 18.1. The van der Waals surface area contributed by atoms with Gasteiger partial charge in [-0.3, -0.25) is 14.9 Å². The van der Waals surface area contributed by atoms with Crippen LogP contribution in [0.15, 0.2) is 59.1 Å². The quantitative estimate of drug-likeness (QED) is 0.358. The standard InChI is InChI=1S/C22H18BrFN2O5/c1-3-9-31-19-15(23)11-13(12-18(19)30-4-2)10-14-20(27)25-22(29)26(21(14)28)17-8-6-5-7-16(17)24/h3,5-8,10-12H,1,4,9H2,2H3,(H,25,27,29)/b14-10-. The lowest BCUT2D eigenvalue weighted by molar-refractivity contribution is -0.122. The summed E-state index contributed by atoms with van der Waals surface area (Å²) in [5.41, 5.74) is -0.160. The molecule has 3 rings (SSSR count). The number of imide groups is 2. The largest absolute Gasteiger partial charge is 0.490 e. The first-order valence-electron chi connectivity index (χ1n) is 9.23. The molecule has 4 amide bonds. The van der Waals surface area contributed by atoms with Crippen molar-refractivity contribution in [3.05, 3.63) is 70.5 Å². The minimum Gasteiger partial charge on any atom is -0.490 e. The molecule has 0 aromatic heterocycles. The van der Waals surface area contributed by atoms with Gasteiger partial charge in [-0.15, -0.1) is 0 Å². The third-order valence-electron chi connectivity index (χ3n) is 4.18. The molecular weight excluding hydrogens is 471 g/mol. The van der Waals surface area contributed by atoms with Crippen molar-refractivity contribution < 1.29 is 28.2 Å². The summed E-state index contributed by atoms with van der Waals surface area (Å²) in [7, 11) is 0. The maximum absolute atomic E-state index is 14.2. The molecule has 9 heteroatoms. The average molecular weight is 489 g/mol. The first kappa shape index (κ1) is 22.2. The van der Waals surface area contributed by atoms with Crippen LogP contribution < -0.4 is 19.7 Å². The summed E-state index contributed by atoms with van der Waals surface area (Å²) in [6.07, 6.45) is 2.87. The highest BCUT2D eigenvalue weighted by Gasteiger charge is 2.38. The highest BCUT2D eigenvalue weighted by molar-refractivity contribution is 9.10. The van der Waals surface area contributed by atoms with Crippen LogP contribution in [-0.4, -0.2) is 31.1 Å². The van der Waals surface area contributed by atoms with E-state index in [0.717, 1.165) is 6.07 Å². The Hall–Kier alpha value is -3.46. The molecule has 0 bridgehead atoms. The average Bonchev–Trinajstić information content (AvgIpc) is 2.72. The predicted octanol–water partition coefficient (Wildman–Crippen LogP) is 4.22. The SMILES string of the molecule is C=CCOc1c(Br)cc(/C=C2/C(=O)NC(=O)N(c3ccccc3F)C2=O)cc1OCC. The number of nitrogens with one attached hydrogen (secondary N) is 1. The normalized spacial score (nSPS) is 15.1. The minimum atomic E-state index is -1.03. The van der Waals surface area contributed by atoms with Crippen LogP contribution in [0.4, 0.5) is 14.9 Å². The Morgan fingerprint density at radius 2 is 1.94 bits per heavy atom. The van der Waals surface area contributed by atoms with E-state index in [1.54, 1.807) is 25.1 Å². The lowest BCUT2D eigenvalue weighted by Gasteiger charge is -2.26. The number of nitrogens with zero attached hydrogens (tertiary/aromatic N) is 1. The summed E-state index contributed by atoms with van der Waals surface area (Å²) < 4.78 is 25.9. The molecule has 0 aliphatic carbocycles. The number of anilines is 1. The number of carbonyl (C=O) groups is 3. The molecule has 1 saturated heterocycles. The van der Waals surface area contributed by atoms with Gasteiger partial charge in [0.15, 0.2) is 11.5 Å². The monoisotopic (exact) mass is 488 g/mol. The molecule has 1 heterocycles. The Morgan fingerprint density at radius 1 is 1.19 bits per heavy atom. The molecule has 1 fully saturated rings. The summed E-state index contributed by atoms with van der Waals surface area (Å²) >= 11 is 3.39. The number of halogens is 2. The smallest absolute Gasteiger partial charge is 0.336 e. The van der Waals surface area contributed by atoms with Crippen molar-refractivity contribution in [1.82, 2.24) is 5.32 Å². The van der Waals surface area contributed by atoms with Crippen LogP contribution >= 0.6 is 15.9 Å².